The second kappa shape index (κ2) is 8.64. The molecule has 0 radical (unpaired) electrons. The molecular formula is C24H23NO6S. The van der Waals surface area contributed by atoms with Crippen LogP contribution in [0.4, 0.5) is 0 Å². The molecule has 1 aliphatic rings. The minimum Gasteiger partial charge on any atom is -0.496 e. The minimum absolute atomic E-state index is 0.274. The van der Waals surface area contributed by atoms with Gasteiger partial charge >= 0.3 is 5.97 Å². The highest BCUT2D eigenvalue weighted by Gasteiger charge is 2.30. The number of benzene rings is 3. The number of nitrogens with two attached hydrogens (primary N) is 1. The van der Waals surface area contributed by atoms with Crippen LogP contribution in [0.15, 0.2) is 60.7 Å². The molecule has 0 amide bonds. The first-order valence-corrected chi connectivity index (χ1v) is 11.8. The first-order chi connectivity index (χ1) is 15.3. The van der Waals surface area contributed by atoms with E-state index >= 15 is 0 Å². The number of rotatable bonds is 6. The van der Waals surface area contributed by atoms with Crippen molar-refractivity contribution in [3.05, 3.63) is 82.9 Å². The highest BCUT2D eigenvalue weighted by molar-refractivity contribution is 7.88. The molecule has 0 saturated heterocycles. The number of hydrogen-bond donors (Lipinski definition) is 1. The van der Waals surface area contributed by atoms with Gasteiger partial charge in [-0.2, -0.15) is 0 Å². The lowest BCUT2D eigenvalue weighted by molar-refractivity contribution is 0.0526. The molecule has 0 bridgehead atoms. The van der Waals surface area contributed by atoms with Crippen molar-refractivity contribution in [2.45, 2.75) is 18.8 Å². The lowest BCUT2D eigenvalue weighted by Crippen LogP contribution is -2.18. The van der Waals surface area contributed by atoms with E-state index in [1.54, 1.807) is 44.4 Å². The van der Waals surface area contributed by atoms with Gasteiger partial charge in [-0.05, 0) is 47.9 Å². The van der Waals surface area contributed by atoms with Crippen LogP contribution in [0.3, 0.4) is 0 Å². The van der Waals surface area contributed by atoms with Gasteiger partial charge in [0.2, 0.25) is 10.0 Å². The second-order valence-electron chi connectivity index (χ2n) is 7.41. The van der Waals surface area contributed by atoms with Crippen molar-refractivity contribution in [2.24, 2.45) is 5.14 Å². The monoisotopic (exact) mass is 453 g/mol. The summed E-state index contributed by atoms with van der Waals surface area (Å²) in [5.74, 6) is 0.550. The van der Waals surface area contributed by atoms with Gasteiger partial charge in [-0.1, -0.05) is 36.4 Å². The SMILES string of the molecule is CCOC(=O)c1cccc(C2Oc3cccc(OC)c3-c3ccc(CS(N)(=O)=O)cc32)c1. The van der Waals surface area contributed by atoms with Crippen molar-refractivity contribution in [1.82, 2.24) is 0 Å². The standard InChI is InChI=1S/C24H23NO6S/c1-3-30-24(26)17-7-4-6-16(13-17)23-19-12-15(14-32(25,27)28)10-11-18(19)22-20(29-2)8-5-9-21(22)31-23/h4-13,23H,3,14H2,1-2H3,(H2,25,27,28). The van der Waals surface area contributed by atoms with E-state index in [2.05, 4.69) is 0 Å². The molecule has 3 aromatic carbocycles. The molecule has 3 aromatic rings. The molecule has 0 aromatic heterocycles. The summed E-state index contributed by atoms with van der Waals surface area (Å²) in [6, 6.07) is 17.9. The molecule has 4 rings (SSSR count). The van der Waals surface area contributed by atoms with Gasteiger partial charge in [0.05, 0.1) is 30.6 Å². The fraction of sp³-hybridized carbons (Fsp3) is 0.208. The highest BCUT2D eigenvalue weighted by Crippen LogP contribution is 2.49. The second-order valence-corrected chi connectivity index (χ2v) is 9.02. The number of primary sulfonamides is 1. The van der Waals surface area contributed by atoms with Crippen LogP contribution in [-0.2, 0) is 20.5 Å². The third-order valence-corrected chi connectivity index (χ3v) is 5.92. The van der Waals surface area contributed by atoms with E-state index in [0.29, 0.717) is 22.6 Å². The number of fused-ring (bicyclic) bond motifs is 3. The van der Waals surface area contributed by atoms with Crippen LogP contribution in [0, 0.1) is 0 Å². The van der Waals surface area contributed by atoms with E-state index in [4.69, 9.17) is 19.3 Å². The van der Waals surface area contributed by atoms with Crippen LogP contribution in [0.25, 0.3) is 11.1 Å². The molecule has 1 heterocycles. The van der Waals surface area contributed by atoms with Crippen molar-refractivity contribution < 1.29 is 27.4 Å². The average Bonchev–Trinajstić information content (AvgIpc) is 2.77. The number of methoxy groups -OCH3 is 1. The molecule has 8 heteroatoms. The summed E-state index contributed by atoms with van der Waals surface area (Å²) in [7, 11) is -2.13. The summed E-state index contributed by atoms with van der Waals surface area (Å²) in [5, 5.41) is 5.26. The quantitative estimate of drug-likeness (QED) is 0.569. The van der Waals surface area contributed by atoms with Crippen LogP contribution in [0.1, 0.15) is 40.1 Å². The summed E-state index contributed by atoms with van der Waals surface area (Å²) in [6.45, 7) is 2.02. The maximum Gasteiger partial charge on any atom is 0.338 e. The molecule has 2 N–H and O–H groups in total. The molecule has 1 aliphatic heterocycles. The molecule has 0 saturated carbocycles. The third-order valence-electron chi connectivity index (χ3n) is 5.19. The Morgan fingerprint density at radius 3 is 2.59 bits per heavy atom. The Hall–Kier alpha value is -3.36. The molecule has 7 nitrogen and oxygen atoms in total. The lowest BCUT2D eigenvalue weighted by Gasteiger charge is -2.30. The summed E-state index contributed by atoms with van der Waals surface area (Å²) >= 11 is 0. The number of ether oxygens (including phenoxy) is 3. The zero-order valence-electron chi connectivity index (χ0n) is 17.7. The lowest BCUT2D eigenvalue weighted by atomic mass is 9.87. The normalized spacial score (nSPS) is 14.7. The van der Waals surface area contributed by atoms with Gasteiger partial charge in [0.1, 0.15) is 17.6 Å². The molecule has 166 valence electrons. The molecule has 0 aliphatic carbocycles. The van der Waals surface area contributed by atoms with Crippen molar-refractivity contribution in [3.63, 3.8) is 0 Å². The van der Waals surface area contributed by atoms with Crippen LogP contribution in [0.5, 0.6) is 11.5 Å². The van der Waals surface area contributed by atoms with Gasteiger partial charge < -0.3 is 14.2 Å². The molecule has 0 fully saturated rings. The van der Waals surface area contributed by atoms with Gasteiger partial charge in [0.15, 0.2) is 0 Å². The van der Waals surface area contributed by atoms with Crippen molar-refractivity contribution in [3.8, 4) is 22.6 Å². The molecule has 1 unspecified atom stereocenters. The molecule has 32 heavy (non-hydrogen) atoms. The van der Waals surface area contributed by atoms with Gasteiger partial charge in [-0.3, -0.25) is 0 Å². The van der Waals surface area contributed by atoms with E-state index in [9.17, 15) is 13.2 Å². The summed E-state index contributed by atoms with van der Waals surface area (Å²) in [4.78, 5) is 12.3. The number of hydrogen-bond acceptors (Lipinski definition) is 6. The van der Waals surface area contributed by atoms with Gasteiger partial charge in [-0.15, -0.1) is 0 Å². The summed E-state index contributed by atoms with van der Waals surface area (Å²) < 4.78 is 40.4. The summed E-state index contributed by atoms with van der Waals surface area (Å²) in [6.07, 6.45) is -0.570. The Bertz CT molecular complexity index is 1290. The molecular weight excluding hydrogens is 430 g/mol. The topological polar surface area (TPSA) is 105 Å². The first kappa shape index (κ1) is 21.9. The van der Waals surface area contributed by atoms with Gasteiger partial charge in [-0.25, -0.2) is 18.4 Å². The Balaban J connectivity index is 1.88. The third kappa shape index (κ3) is 4.32. The van der Waals surface area contributed by atoms with Crippen LogP contribution < -0.4 is 14.6 Å². The predicted octanol–water partition coefficient (Wildman–Crippen LogP) is 3.81. The Morgan fingerprint density at radius 2 is 1.88 bits per heavy atom. The Morgan fingerprint density at radius 1 is 1.09 bits per heavy atom. The fourth-order valence-corrected chi connectivity index (χ4v) is 4.55. The smallest absolute Gasteiger partial charge is 0.338 e. The van der Waals surface area contributed by atoms with Crippen molar-refractivity contribution >= 4 is 16.0 Å². The maximum absolute atomic E-state index is 12.3. The number of sulfonamides is 1. The average molecular weight is 454 g/mol. The van der Waals surface area contributed by atoms with E-state index in [1.165, 1.54) is 0 Å². The summed E-state index contributed by atoms with van der Waals surface area (Å²) in [5.41, 5.74) is 4.08. The molecule has 1 atom stereocenters. The minimum atomic E-state index is -3.71. The zero-order chi connectivity index (χ0) is 22.9. The number of carbonyl (C=O) groups excluding carboxylic acids is 1. The largest absolute Gasteiger partial charge is 0.496 e. The van der Waals surface area contributed by atoms with E-state index in [-0.39, 0.29) is 12.4 Å². The fourth-order valence-electron chi connectivity index (χ4n) is 3.90. The highest BCUT2D eigenvalue weighted by atomic mass is 32.2. The number of esters is 1. The Labute approximate surface area is 186 Å². The van der Waals surface area contributed by atoms with Crippen molar-refractivity contribution in [1.29, 1.82) is 0 Å². The Kier molecular flexibility index (Phi) is 5.90. The van der Waals surface area contributed by atoms with Gasteiger partial charge in [0.25, 0.3) is 0 Å². The van der Waals surface area contributed by atoms with E-state index < -0.39 is 22.1 Å². The van der Waals surface area contributed by atoms with Crippen LogP contribution in [-0.4, -0.2) is 28.1 Å². The van der Waals surface area contributed by atoms with E-state index in [1.807, 2.05) is 30.3 Å². The first-order valence-electron chi connectivity index (χ1n) is 10.0. The van der Waals surface area contributed by atoms with Crippen LogP contribution >= 0.6 is 0 Å². The zero-order valence-corrected chi connectivity index (χ0v) is 18.5. The maximum atomic E-state index is 12.3. The molecule has 0 spiro atoms. The van der Waals surface area contributed by atoms with E-state index in [0.717, 1.165) is 22.3 Å². The van der Waals surface area contributed by atoms with Gasteiger partial charge in [0, 0.05) is 5.56 Å². The number of carbonyl (C=O) groups is 1. The predicted molar refractivity (Wildman–Crippen MR) is 120 cm³/mol. The van der Waals surface area contributed by atoms with Crippen molar-refractivity contribution in [2.75, 3.05) is 13.7 Å². The van der Waals surface area contributed by atoms with Crippen LogP contribution in [0.2, 0.25) is 0 Å².